The van der Waals surface area contributed by atoms with Crippen LogP contribution in [0.4, 0.5) is 4.79 Å². The Labute approximate surface area is 128 Å². The van der Waals surface area contributed by atoms with Crippen LogP contribution in [0.5, 0.6) is 11.5 Å². The zero-order chi connectivity index (χ0) is 15.4. The van der Waals surface area contributed by atoms with Crippen LogP contribution in [0.15, 0.2) is 36.5 Å². The number of hydrogen-bond acceptors (Lipinski definition) is 4. The van der Waals surface area contributed by atoms with Gasteiger partial charge < -0.3 is 19.7 Å². The van der Waals surface area contributed by atoms with Crippen molar-refractivity contribution in [2.75, 3.05) is 20.2 Å². The molecule has 2 heterocycles. The predicted octanol–water partition coefficient (Wildman–Crippen LogP) is 1.39. The first-order chi connectivity index (χ1) is 10.7. The van der Waals surface area contributed by atoms with Crippen LogP contribution in [0.3, 0.4) is 0 Å². The van der Waals surface area contributed by atoms with Gasteiger partial charge in [0, 0.05) is 13.2 Å². The van der Waals surface area contributed by atoms with E-state index < -0.39 is 0 Å². The number of benzene rings is 1. The lowest BCUT2D eigenvalue weighted by molar-refractivity contribution is 0.0715. The lowest BCUT2D eigenvalue weighted by Gasteiger charge is -2.29. The number of aromatic nitrogens is 2. The van der Waals surface area contributed by atoms with Crippen LogP contribution in [0.2, 0.25) is 0 Å². The number of urea groups is 1. The van der Waals surface area contributed by atoms with Crippen molar-refractivity contribution in [1.82, 2.24) is 20.4 Å². The molecule has 0 fully saturated rings. The normalized spacial score (nSPS) is 16.1. The van der Waals surface area contributed by atoms with E-state index in [1.807, 2.05) is 30.3 Å². The Morgan fingerprint density at radius 2 is 2.23 bits per heavy atom. The van der Waals surface area contributed by atoms with Gasteiger partial charge in [-0.25, -0.2) is 4.79 Å². The minimum absolute atomic E-state index is 0.169. The number of carbonyl (C=O) groups is 1. The topological polar surface area (TPSA) is 79.5 Å². The minimum Gasteiger partial charge on any atom is -0.486 e. The molecule has 3 rings (SSSR count). The molecule has 1 atom stereocenters. The molecular formula is C15H18N4O3. The summed E-state index contributed by atoms with van der Waals surface area (Å²) in [4.78, 5) is 13.6. The summed E-state index contributed by atoms with van der Waals surface area (Å²) < 4.78 is 11.5. The van der Waals surface area contributed by atoms with Gasteiger partial charge in [-0.1, -0.05) is 12.1 Å². The maximum Gasteiger partial charge on any atom is 0.317 e. The molecule has 0 saturated heterocycles. The van der Waals surface area contributed by atoms with E-state index in [2.05, 4.69) is 15.5 Å². The molecule has 1 aromatic carbocycles. The number of ether oxygens (including phenoxy) is 2. The quantitative estimate of drug-likeness (QED) is 0.894. The van der Waals surface area contributed by atoms with Crippen molar-refractivity contribution in [3.63, 3.8) is 0 Å². The lowest BCUT2D eigenvalue weighted by atomic mass is 10.2. The van der Waals surface area contributed by atoms with Crippen LogP contribution < -0.4 is 14.8 Å². The zero-order valence-electron chi connectivity index (χ0n) is 12.3. The minimum atomic E-state index is -0.183. The van der Waals surface area contributed by atoms with Crippen LogP contribution in [0.25, 0.3) is 0 Å². The van der Waals surface area contributed by atoms with E-state index in [0.29, 0.717) is 25.4 Å². The first-order valence-corrected chi connectivity index (χ1v) is 7.08. The number of aromatic amines is 1. The molecule has 2 amide bonds. The second-order valence-electron chi connectivity index (χ2n) is 5.12. The summed E-state index contributed by atoms with van der Waals surface area (Å²) in [6.07, 6.45) is 1.47. The van der Waals surface area contributed by atoms with E-state index >= 15 is 0 Å². The summed E-state index contributed by atoms with van der Waals surface area (Å²) in [6, 6.07) is 9.17. The van der Waals surface area contributed by atoms with Gasteiger partial charge in [-0.2, -0.15) is 5.10 Å². The first-order valence-electron chi connectivity index (χ1n) is 7.08. The summed E-state index contributed by atoms with van der Waals surface area (Å²) in [5, 5.41) is 9.44. The molecule has 7 nitrogen and oxygen atoms in total. The van der Waals surface area contributed by atoms with Gasteiger partial charge in [-0.05, 0) is 18.2 Å². The largest absolute Gasteiger partial charge is 0.486 e. The fourth-order valence-corrected chi connectivity index (χ4v) is 2.23. The Morgan fingerprint density at radius 3 is 3.00 bits per heavy atom. The number of fused-ring (bicyclic) bond motifs is 1. The van der Waals surface area contributed by atoms with E-state index in [1.54, 1.807) is 18.1 Å². The molecule has 0 aliphatic carbocycles. The molecule has 7 heteroatoms. The molecule has 0 saturated carbocycles. The van der Waals surface area contributed by atoms with Crippen molar-refractivity contribution < 1.29 is 14.3 Å². The number of nitrogens with zero attached hydrogens (tertiary/aromatic N) is 2. The van der Waals surface area contributed by atoms with Crippen molar-refractivity contribution >= 4 is 6.03 Å². The third-order valence-electron chi connectivity index (χ3n) is 3.38. The number of carbonyl (C=O) groups excluding carboxylic acids is 1. The SMILES string of the molecule is CN(C[C@H]1COc2ccccc2O1)C(=O)NCc1ccn[nH]1. The number of hydrogen-bond donors (Lipinski definition) is 2. The standard InChI is InChI=1S/C15H18N4O3/c1-19(15(20)16-8-11-6-7-17-18-11)9-12-10-21-13-4-2-3-5-14(13)22-12/h2-7,12H,8-10H2,1H3,(H,16,20)(H,17,18)/t12-/m0/s1. The Morgan fingerprint density at radius 1 is 1.41 bits per heavy atom. The van der Waals surface area contributed by atoms with E-state index in [1.165, 1.54) is 0 Å². The van der Waals surface area contributed by atoms with Gasteiger partial charge >= 0.3 is 6.03 Å². The number of para-hydroxylation sites is 2. The van der Waals surface area contributed by atoms with Gasteiger partial charge in [0.2, 0.25) is 0 Å². The van der Waals surface area contributed by atoms with Crippen LogP contribution in [0, 0.1) is 0 Å². The highest BCUT2D eigenvalue weighted by atomic mass is 16.6. The summed E-state index contributed by atoms with van der Waals surface area (Å²) in [7, 11) is 1.73. The lowest BCUT2D eigenvalue weighted by Crippen LogP contribution is -2.45. The van der Waals surface area contributed by atoms with Gasteiger partial charge in [0.05, 0.1) is 18.8 Å². The maximum absolute atomic E-state index is 12.0. The second kappa shape index (κ2) is 6.38. The molecular weight excluding hydrogens is 284 g/mol. The number of rotatable bonds is 4. The van der Waals surface area contributed by atoms with Crippen molar-refractivity contribution in [3.8, 4) is 11.5 Å². The molecule has 0 unspecified atom stereocenters. The molecule has 1 aliphatic heterocycles. The molecule has 2 N–H and O–H groups in total. The van der Waals surface area contributed by atoms with Gasteiger partial charge in [-0.15, -0.1) is 0 Å². The van der Waals surface area contributed by atoms with E-state index in [-0.39, 0.29) is 12.1 Å². The van der Waals surface area contributed by atoms with Crippen molar-refractivity contribution in [3.05, 3.63) is 42.2 Å². The number of nitrogens with one attached hydrogen (secondary N) is 2. The Kier molecular flexibility index (Phi) is 4.13. The smallest absolute Gasteiger partial charge is 0.317 e. The Hall–Kier alpha value is -2.70. The van der Waals surface area contributed by atoms with Gasteiger partial charge in [-0.3, -0.25) is 5.10 Å². The maximum atomic E-state index is 12.0. The van der Waals surface area contributed by atoms with Crippen LogP contribution in [-0.2, 0) is 6.54 Å². The fraction of sp³-hybridized carbons (Fsp3) is 0.333. The van der Waals surface area contributed by atoms with E-state index in [9.17, 15) is 4.79 Å². The molecule has 0 radical (unpaired) electrons. The summed E-state index contributed by atoms with van der Waals surface area (Å²) in [5.41, 5.74) is 0.855. The number of amides is 2. The molecule has 116 valence electrons. The van der Waals surface area contributed by atoms with Crippen molar-refractivity contribution in [1.29, 1.82) is 0 Å². The third-order valence-corrected chi connectivity index (χ3v) is 3.38. The van der Waals surface area contributed by atoms with E-state index in [0.717, 1.165) is 11.4 Å². The second-order valence-corrected chi connectivity index (χ2v) is 5.12. The molecule has 2 aromatic rings. The number of H-pyrrole nitrogens is 1. The molecule has 0 bridgehead atoms. The van der Waals surface area contributed by atoms with Crippen LogP contribution in [0.1, 0.15) is 5.69 Å². The summed E-state index contributed by atoms with van der Waals surface area (Å²) in [5.74, 6) is 1.45. The average molecular weight is 302 g/mol. The predicted molar refractivity (Wildman–Crippen MR) is 79.8 cm³/mol. The highest BCUT2D eigenvalue weighted by Crippen LogP contribution is 2.30. The zero-order valence-corrected chi connectivity index (χ0v) is 12.3. The first kappa shape index (κ1) is 14.2. The van der Waals surface area contributed by atoms with Crippen molar-refractivity contribution in [2.45, 2.75) is 12.6 Å². The molecule has 1 aromatic heterocycles. The number of likely N-dealkylation sites (N-methyl/N-ethyl adjacent to an activating group) is 1. The average Bonchev–Trinajstić information content (AvgIpc) is 3.06. The van der Waals surface area contributed by atoms with E-state index in [4.69, 9.17) is 9.47 Å². The van der Waals surface area contributed by atoms with Crippen LogP contribution in [-0.4, -0.2) is 47.4 Å². The highest BCUT2D eigenvalue weighted by Gasteiger charge is 2.23. The summed E-state index contributed by atoms with van der Waals surface area (Å²) in [6.45, 7) is 1.28. The highest BCUT2D eigenvalue weighted by molar-refractivity contribution is 5.73. The Bertz CT molecular complexity index is 629. The van der Waals surface area contributed by atoms with Gasteiger partial charge in [0.25, 0.3) is 0 Å². The van der Waals surface area contributed by atoms with Gasteiger partial charge in [0.1, 0.15) is 6.61 Å². The molecule has 0 spiro atoms. The Balaban J connectivity index is 1.49. The van der Waals surface area contributed by atoms with Crippen LogP contribution >= 0.6 is 0 Å². The monoisotopic (exact) mass is 302 g/mol. The third kappa shape index (κ3) is 3.30. The molecule has 1 aliphatic rings. The molecule has 22 heavy (non-hydrogen) atoms. The van der Waals surface area contributed by atoms with Gasteiger partial charge in [0.15, 0.2) is 17.6 Å². The van der Waals surface area contributed by atoms with Crippen molar-refractivity contribution in [2.24, 2.45) is 0 Å². The fourth-order valence-electron chi connectivity index (χ4n) is 2.23. The summed E-state index contributed by atoms with van der Waals surface area (Å²) >= 11 is 0.